The highest BCUT2D eigenvalue weighted by atomic mass is 16.5. The fraction of sp³-hybridized carbons (Fsp3) is 0.381. The molecule has 0 unspecified atom stereocenters. The van der Waals surface area contributed by atoms with E-state index >= 15 is 0 Å². The van der Waals surface area contributed by atoms with Crippen molar-refractivity contribution in [1.29, 1.82) is 0 Å². The SMILES string of the molecule is COc1ccc(CNC(=O)NCCOc2ccc3c(c2)CCCC3)cc1. The first-order valence-corrected chi connectivity index (χ1v) is 9.14. The third-order valence-electron chi connectivity index (χ3n) is 4.59. The van der Waals surface area contributed by atoms with Crippen LogP contribution in [-0.2, 0) is 19.4 Å². The Morgan fingerprint density at radius 3 is 2.46 bits per heavy atom. The van der Waals surface area contributed by atoms with Crippen LogP contribution in [0.15, 0.2) is 42.5 Å². The Balaban J connectivity index is 1.34. The number of methoxy groups -OCH3 is 1. The summed E-state index contributed by atoms with van der Waals surface area (Å²) in [7, 11) is 1.63. The lowest BCUT2D eigenvalue weighted by molar-refractivity contribution is 0.236. The Hall–Kier alpha value is -2.69. The predicted octanol–water partition coefficient (Wildman–Crippen LogP) is 3.45. The standard InChI is InChI=1S/C21H26N2O3/c1-25-19-9-6-16(7-10-19)15-23-21(24)22-12-13-26-20-11-8-17-4-2-3-5-18(17)14-20/h6-11,14H,2-5,12-13,15H2,1H3,(H2,22,23,24). The molecule has 0 aromatic heterocycles. The topological polar surface area (TPSA) is 59.6 Å². The van der Waals surface area contributed by atoms with Gasteiger partial charge in [-0.3, -0.25) is 0 Å². The summed E-state index contributed by atoms with van der Waals surface area (Å²) in [6.45, 7) is 1.39. The van der Waals surface area contributed by atoms with Gasteiger partial charge in [0.25, 0.3) is 0 Å². The molecule has 0 aliphatic heterocycles. The number of fused-ring (bicyclic) bond motifs is 1. The summed E-state index contributed by atoms with van der Waals surface area (Å²) >= 11 is 0. The van der Waals surface area contributed by atoms with Crippen molar-refractivity contribution in [2.45, 2.75) is 32.2 Å². The summed E-state index contributed by atoms with van der Waals surface area (Å²) in [5.41, 5.74) is 3.87. The first kappa shape index (κ1) is 18.1. The van der Waals surface area contributed by atoms with E-state index in [1.807, 2.05) is 30.3 Å². The van der Waals surface area contributed by atoms with Gasteiger partial charge in [0.1, 0.15) is 18.1 Å². The fourth-order valence-corrected chi connectivity index (χ4v) is 3.12. The molecule has 2 aromatic rings. The van der Waals surface area contributed by atoms with Crippen molar-refractivity contribution in [2.75, 3.05) is 20.3 Å². The summed E-state index contributed by atoms with van der Waals surface area (Å²) in [6, 6.07) is 13.7. The molecule has 1 aliphatic carbocycles. The van der Waals surface area contributed by atoms with Gasteiger partial charge in [0.15, 0.2) is 0 Å². The highest BCUT2D eigenvalue weighted by Gasteiger charge is 2.09. The zero-order valence-corrected chi connectivity index (χ0v) is 15.2. The van der Waals surface area contributed by atoms with Gasteiger partial charge in [0.2, 0.25) is 0 Å². The zero-order valence-electron chi connectivity index (χ0n) is 15.2. The molecule has 0 heterocycles. The van der Waals surface area contributed by atoms with Crippen LogP contribution in [0.2, 0.25) is 0 Å². The van der Waals surface area contributed by atoms with Crippen LogP contribution >= 0.6 is 0 Å². The number of rotatable bonds is 7. The lowest BCUT2D eigenvalue weighted by Crippen LogP contribution is -2.37. The molecule has 5 heteroatoms. The minimum atomic E-state index is -0.199. The predicted molar refractivity (Wildman–Crippen MR) is 102 cm³/mol. The monoisotopic (exact) mass is 354 g/mol. The van der Waals surface area contributed by atoms with E-state index in [1.54, 1.807) is 7.11 Å². The average Bonchev–Trinajstić information content (AvgIpc) is 2.70. The normalized spacial score (nSPS) is 12.8. The summed E-state index contributed by atoms with van der Waals surface area (Å²) in [6.07, 6.45) is 4.85. The molecule has 26 heavy (non-hydrogen) atoms. The lowest BCUT2D eigenvalue weighted by Gasteiger charge is -2.17. The van der Waals surface area contributed by atoms with E-state index in [2.05, 4.69) is 22.8 Å². The minimum Gasteiger partial charge on any atom is -0.497 e. The number of hydrogen-bond acceptors (Lipinski definition) is 3. The molecule has 0 atom stereocenters. The summed E-state index contributed by atoms with van der Waals surface area (Å²) in [4.78, 5) is 11.8. The maximum Gasteiger partial charge on any atom is 0.315 e. The molecule has 0 radical (unpaired) electrons. The van der Waals surface area contributed by atoms with Crippen molar-refractivity contribution in [1.82, 2.24) is 10.6 Å². The Morgan fingerprint density at radius 1 is 0.962 bits per heavy atom. The lowest BCUT2D eigenvalue weighted by atomic mass is 9.92. The molecule has 3 rings (SSSR count). The highest BCUT2D eigenvalue weighted by Crippen LogP contribution is 2.25. The number of urea groups is 1. The van der Waals surface area contributed by atoms with Gasteiger partial charge < -0.3 is 20.1 Å². The number of carbonyl (C=O) groups excluding carboxylic acids is 1. The molecule has 1 aliphatic rings. The summed E-state index contributed by atoms with van der Waals surface area (Å²) in [5, 5.41) is 5.64. The maximum absolute atomic E-state index is 11.8. The van der Waals surface area contributed by atoms with E-state index in [0.29, 0.717) is 19.7 Å². The first-order valence-electron chi connectivity index (χ1n) is 9.14. The van der Waals surface area contributed by atoms with Crippen LogP contribution in [0.3, 0.4) is 0 Å². The first-order chi connectivity index (χ1) is 12.7. The largest absolute Gasteiger partial charge is 0.497 e. The number of benzene rings is 2. The fourth-order valence-electron chi connectivity index (χ4n) is 3.12. The van der Waals surface area contributed by atoms with E-state index in [-0.39, 0.29) is 6.03 Å². The van der Waals surface area contributed by atoms with Gasteiger partial charge in [-0.2, -0.15) is 0 Å². The second-order valence-corrected chi connectivity index (χ2v) is 6.44. The Bertz CT molecular complexity index is 729. The number of hydrogen-bond donors (Lipinski definition) is 2. The third kappa shape index (κ3) is 5.15. The Morgan fingerprint density at radius 2 is 1.69 bits per heavy atom. The van der Waals surface area contributed by atoms with Crippen molar-refractivity contribution in [3.63, 3.8) is 0 Å². The molecular formula is C21H26N2O3. The number of aryl methyl sites for hydroxylation is 2. The quantitative estimate of drug-likeness (QED) is 0.749. The molecule has 2 N–H and O–H groups in total. The summed E-state index contributed by atoms with van der Waals surface area (Å²) in [5.74, 6) is 1.68. The molecule has 0 spiro atoms. The van der Waals surface area contributed by atoms with Crippen LogP contribution < -0.4 is 20.1 Å². The van der Waals surface area contributed by atoms with Crippen LogP contribution in [0.25, 0.3) is 0 Å². The second-order valence-electron chi connectivity index (χ2n) is 6.44. The second kappa shape index (κ2) is 9.13. The molecule has 0 bridgehead atoms. The number of nitrogens with one attached hydrogen (secondary N) is 2. The van der Waals surface area contributed by atoms with Gasteiger partial charge in [-0.05, 0) is 66.6 Å². The molecular weight excluding hydrogens is 328 g/mol. The minimum absolute atomic E-state index is 0.199. The van der Waals surface area contributed by atoms with E-state index in [1.165, 1.54) is 30.4 Å². The van der Waals surface area contributed by atoms with E-state index in [9.17, 15) is 4.79 Å². The van der Waals surface area contributed by atoms with Gasteiger partial charge >= 0.3 is 6.03 Å². The van der Waals surface area contributed by atoms with Crippen molar-refractivity contribution in [3.8, 4) is 11.5 Å². The van der Waals surface area contributed by atoms with Crippen LogP contribution in [0, 0.1) is 0 Å². The van der Waals surface area contributed by atoms with Gasteiger partial charge in [-0.15, -0.1) is 0 Å². The Labute approximate surface area is 154 Å². The molecule has 0 fully saturated rings. The molecule has 0 saturated heterocycles. The van der Waals surface area contributed by atoms with Crippen LogP contribution in [0.1, 0.15) is 29.5 Å². The van der Waals surface area contributed by atoms with Crippen LogP contribution in [0.4, 0.5) is 4.79 Å². The molecule has 138 valence electrons. The maximum atomic E-state index is 11.8. The van der Waals surface area contributed by atoms with Crippen molar-refractivity contribution in [2.24, 2.45) is 0 Å². The smallest absolute Gasteiger partial charge is 0.315 e. The molecule has 0 saturated carbocycles. The van der Waals surface area contributed by atoms with Gasteiger partial charge in [0.05, 0.1) is 13.7 Å². The highest BCUT2D eigenvalue weighted by molar-refractivity contribution is 5.73. The van der Waals surface area contributed by atoms with Gasteiger partial charge in [-0.1, -0.05) is 18.2 Å². The van der Waals surface area contributed by atoms with Gasteiger partial charge in [-0.25, -0.2) is 4.79 Å². The van der Waals surface area contributed by atoms with Crippen molar-refractivity contribution < 1.29 is 14.3 Å². The Kier molecular flexibility index (Phi) is 6.36. The van der Waals surface area contributed by atoms with Crippen molar-refractivity contribution in [3.05, 3.63) is 59.2 Å². The molecule has 5 nitrogen and oxygen atoms in total. The van der Waals surface area contributed by atoms with Crippen molar-refractivity contribution >= 4 is 6.03 Å². The number of ether oxygens (including phenoxy) is 2. The zero-order chi connectivity index (χ0) is 18.2. The van der Waals surface area contributed by atoms with Crippen LogP contribution in [0.5, 0.6) is 11.5 Å². The summed E-state index contributed by atoms with van der Waals surface area (Å²) < 4.78 is 10.9. The molecule has 2 aromatic carbocycles. The number of carbonyl (C=O) groups is 1. The van der Waals surface area contributed by atoms with E-state index in [4.69, 9.17) is 9.47 Å². The average molecular weight is 354 g/mol. The third-order valence-corrected chi connectivity index (χ3v) is 4.59. The van der Waals surface area contributed by atoms with Gasteiger partial charge in [0, 0.05) is 6.54 Å². The van der Waals surface area contributed by atoms with E-state index in [0.717, 1.165) is 23.5 Å². The molecule has 2 amide bonds. The number of amides is 2. The van der Waals surface area contributed by atoms with E-state index < -0.39 is 0 Å². The van der Waals surface area contributed by atoms with Crippen LogP contribution in [-0.4, -0.2) is 26.3 Å².